The highest BCUT2D eigenvalue weighted by Gasteiger charge is 2.33. The Morgan fingerprint density at radius 3 is 2.18 bits per heavy atom. The van der Waals surface area contributed by atoms with Gasteiger partial charge in [-0.1, -0.05) is 11.6 Å². The first-order valence-electron chi connectivity index (χ1n) is 8.18. The predicted octanol–water partition coefficient (Wildman–Crippen LogP) is 1.56. The smallest absolute Gasteiger partial charge is 0.243 e. The second kappa shape index (κ2) is 6.87. The van der Waals surface area contributed by atoms with Gasteiger partial charge in [0, 0.05) is 31.0 Å². The van der Waals surface area contributed by atoms with Crippen LogP contribution in [0.5, 0.6) is 0 Å². The minimum Gasteiger partial charge on any atom is -0.332 e. The molecule has 1 N–H and O–H groups in total. The van der Waals surface area contributed by atoms with Gasteiger partial charge in [-0.15, -0.1) is 0 Å². The van der Waals surface area contributed by atoms with Crippen molar-refractivity contribution in [2.45, 2.75) is 43.0 Å². The van der Waals surface area contributed by atoms with Crippen LogP contribution in [0.25, 0.3) is 0 Å². The Morgan fingerprint density at radius 2 is 1.59 bits per heavy atom. The van der Waals surface area contributed by atoms with Crippen LogP contribution in [0.3, 0.4) is 0 Å². The molecule has 6 heteroatoms. The van der Waals surface area contributed by atoms with E-state index in [1.54, 1.807) is 33.5 Å². The van der Waals surface area contributed by atoms with Crippen molar-refractivity contribution in [3.05, 3.63) is 29.3 Å². The van der Waals surface area contributed by atoms with Gasteiger partial charge in [0.25, 0.3) is 0 Å². The number of hydrogen-bond donors (Lipinski definition) is 1. The van der Waals surface area contributed by atoms with E-state index >= 15 is 0 Å². The minimum absolute atomic E-state index is 0.348. The zero-order valence-corrected chi connectivity index (χ0v) is 14.4. The average molecular weight is 344 g/mol. The van der Waals surface area contributed by atoms with E-state index in [0.29, 0.717) is 29.0 Å². The van der Waals surface area contributed by atoms with Crippen LogP contribution in [0.2, 0.25) is 5.02 Å². The molecule has 22 heavy (non-hydrogen) atoms. The fraction of sp³-hybridized carbons (Fsp3) is 0.625. The molecule has 4 nitrogen and oxygen atoms in total. The molecule has 2 aliphatic rings. The fourth-order valence-corrected chi connectivity index (χ4v) is 5.27. The van der Waals surface area contributed by atoms with Crippen molar-refractivity contribution in [1.82, 2.24) is 4.31 Å². The summed E-state index contributed by atoms with van der Waals surface area (Å²) in [7, 11) is -3.37. The van der Waals surface area contributed by atoms with E-state index < -0.39 is 10.0 Å². The average Bonchev–Trinajstić information content (AvgIpc) is 2.56. The lowest BCUT2D eigenvalue weighted by molar-refractivity contribution is -0.931. The number of likely N-dealkylation sites (tertiary alicyclic amines) is 1. The third kappa shape index (κ3) is 3.48. The molecule has 0 atom stereocenters. The van der Waals surface area contributed by atoms with Crippen LogP contribution in [-0.4, -0.2) is 44.9 Å². The lowest BCUT2D eigenvalue weighted by atomic mass is 10.0. The molecule has 3 rings (SSSR count). The monoisotopic (exact) mass is 343 g/mol. The third-order valence-corrected chi connectivity index (χ3v) is 7.14. The first kappa shape index (κ1) is 16.2. The van der Waals surface area contributed by atoms with Gasteiger partial charge in [0.1, 0.15) is 0 Å². The topological polar surface area (TPSA) is 41.8 Å². The molecule has 0 saturated carbocycles. The van der Waals surface area contributed by atoms with E-state index in [-0.39, 0.29) is 0 Å². The van der Waals surface area contributed by atoms with Crippen molar-refractivity contribution in [2.75, 3.05) is 26.2 Å². The van der Waals surface area contributed by atoms with Gasteiger partial charge in [-0.05, 0) is 43.5 Å². The van der Waals surface area contributed by atoms with E-state index in [9.17, 15) is 8.42 Å². The summed E-state index contributed by atoms with van der Waals surface area (Å²) in [6.07, 6.45) is 5.94. The van der Waals surface area contributed by atoms with Crippen molar-refractivity contribution < 1.29 is 13.3 Å². The second-order valence-electron chi connectivity index (χ2n) is 6.35. The molecular weight excluding hydrogens is 320 g/mol. The number of halogens is 1. The number of nitrogens with one attached hydrogen (secondary N) is 1. The van der Waals surface area contributed by atoms with Gasteiger partial charge in [0.05, 0.1) is 24.0 Å². The maximum absolute atomic E-state index is 12.7. The Kier molecular flexibility index (Phi) is 5.07. The summed E-state index contributed by atoms with van der Waals surface area (Å²) in [6, 6.07) is 7.11. The van der Waals surface area contributed by atoms with Crippen LogP contribution in [0.15, 0.2) is 29.2 Å². The summed E-state index contributed by atoms with van der Waals surface area (Å²) in [5, 5.41) is 0.561. The van der Waals surface area contributed by atoms with E-state index in [1.165, 1.54) is 32.4 Å². The first-order valence-corrected chi connectivity index (χ1v) is 9.99. The minimum atomic E-state index is -3.37. The molecule has 2 fully saturated rings. The van der Waals surface area contributed by atoms with Crippen molar-refractivity contribution in [3.63, 3.8) is 0 Å². The quantitative estimate of drug-likeness (QED) is 0.905. The van der Waals surface area contributed by atoms with Crippen molar-refractivity contribution in [3.8, 4) is 0 Å². The van der Waals surface area contributed by atoms with Gasteiger partial charge < -0.3 is 4.90 Å². The van der Waals surface area contributed by atoms with Crippen LogP contribution < -0.4 is 4.90 Å². The van der Waals surface area contributed by atoms with Gasteiger partial charge in [0.15, 0.2) is 0 Å². The molecule has 0 aliphatic carbocycles. The molecule has 122 valence electrons. The van der Waals surface area contributed by atoms with Crippen LogP contribution in [-0.2, 0) is 10.0 Å². The number of piperidine rings is 2. The van der Waals surface area contributed by atoms with Gasteiger partial charge in [0.2, 0.25) is 10.0 Å². The maximum atomic E-state index is 12.7. The zero-order valence-electron chi connectivity index (χ0n) is 12.8. The Balaban J connectivity index is 1.63. The Labute approximate surface area is 138 Å². The summed E-state index contributed by atoms with van der Waals surface area (Å²) >= 11 is 5.84. The van der Waals surface area contributed by atoms with E-state index in [4.69, 9.17) is 11.6 Å². The van der Waals surface area contributed by atoms with Gasteiger partial charge in [-0.25, -0.2) is 8.42 Å². The molecule has 0 radical (unpaired) electrons. The molecule has 0 unspecified atom stereocenters. The fourth-order valence-electron chi connectivity index (χ4n) is 3.67. The molecular formula is C16H24ClN2O2S+. The lowest BCUT2D eigenvalue weighted by Gasteiger charge is -2.37. The highest BCUT2D eigenvalue weighted by Crippen LogP contribution is 2.21. The van der Waals surface area contributed by atoms with E-state index in [1.807, 2.05) is 0 Å². The van der Waals surface area contributed by atoms with Crippen LogP contribution >= 0.6 is 11.6 Å². The number of benzene rings is 1. The van der Waals surface area contributed by atoms with E-state index in [0.717, 1.165) is 12.8 Å². The van der Waals surface area contributed by atoms with Crippen molar-refractivity contribution >= 4 is 21.6 Å². The van der Waals surface area contributed by atoms with Crippen molar-refractivity contribution in [2.24, 2.45) is 0 Å². The van der Waals surface area contributed by atoms with E-state index in [2.05, 4.69) is 0 Å². The molecule has 2 aliphatic heterocycles. The Morgan fingerprint density at radius 1 is 1.00 bits per heavy atom. The number of nitrogens with zero attached hydrogens (tertiary/aromatic N) is 1. The standard InChI is InChI=1S/C16H23ClN2O2S/c17-14-4-6-16(7-5-14)22(20,21)19-12-8-15(9-13-19)18-10-2-1-3-11-18/h4-7,15H,1-3,8-13H2/p+1. The summed E-state index contributed by atoms with van der Waals surface area (Å²) in [5.74, 6) is 0. The highest BCUT2D eigenvalue weighted by atomic mass is 35.5. The van der Waals surface area contributed by atoms with Gasteiger partial charge >= 0.3 is 0 Å². The summed E-state index contributed by atoms with van der Waals surface area (Å²) in [4.78, 5) is 2.04. The molecule has 0 spiro atoms. The van der Waals surface area contributed by atoms with Crippen LogP contribution in [0.4, 0.5) is 0 Å². The lowest BCUT2D eigenvalue weighted by Crippen LogP contribution is -3.16. The molecule has 1 aromatic rings. The maximum Gasteiger partial charge on any atom is 0.243 e. The second-order valence-corrected chi connectivity index (χ2v) is 8.73. The van der Waals surface area contributed by atoms with Crippen molar-refractivity contribution in [1.29, 1.82) is 0 Å². The van der Waals surface area contributed by atoms with Crippen LogP contribution in [0, 0.1) is 0 Å². The zero-order chi connectivity index (χ0) is 15.6. The van der Waals surface area contributed by atoms with Gasteiger partial charge in [-0.2, -0.15) is 4.31 Å². The summed E-state index contributed by atoms with van der Waals surface area (Å²) in [5.41, 5.74) is 0. The molecule has 0 aromatic heterocycles. The third-order valence-electron chi connectivity index (χ3n) is 4.98. The number of hydrogen-bond acceptors (Lipinski definition) is 2. The molecule has 0 bridgehead atoms. The van der Waals surface area contributed by atoms with Crippen LogP contribution in [0.1, 0.15) is 32.1 Å². The summed E-state index contributed by atoms with van der Waals surface area (Å²) in [6.45, 7) is 3.79. The molecule has 1 aromatic carbocycles. The summed E-state index contributed by atoms with van der Waals surface area (Å²) < 4.78 is 27.0. The first-order chi connectivity index (χ1) is 10.6. The Bertz CT molecular complexity index is 589. The number of sulfonamides is 1. The SMILES string of the molecule is O=S(=O)(c1ccc(Cl)cc1)N1CCC([NH+]2CCCCC2)CC1. The molecule has 0 amide bonds. The Hall–Kier alpha value is -0.620. The molecule has 2 heterocycles. The highest BCUT2D eigenvalue weighted by molar-refractivity contribution is 7.89. The van der Waals surface area contributed by atoms with Gasteiger partial charge in [-0.3, -0.25) is 0 Å². The predicted molar refractivity (Wildman–Crippen MR) is 87.8 cm³/mol. The molecule has 2 saturated heterocycles. The number of rotatable bonds is 3. The number of quaternary nitrogens is 1. The normalized spacial score (nSPS) is 22.8. The largest absolute Gasteiger partial charge is 0.332 e.